The topological polar surface area (TPSA) is 51.8 Å². The number of hydrogen-bond donors (Lipinski definition) is 0. The predicted molar refractivity (Wildman–Crippen MR) is 74.7 cm³/mol. The second kappa shape index (κ2) is 5.37. The maximum atomic E-state index is 5.25. The number of hydrogen-bond acceptors (Lipinski definition) is 4. The van der Waals surface area contributed by atoms with Gasteiger partial charge in [-0.15, -0.1) is 0 Å². The van der Waals surface area contributed by atoms with Crippen LogP contribution in [-0.4, -0.2) is 15.1 Å². The molecule has 0 saturated heterocycles. The van der Waals surface area contributed by atoms with Crippen molar-refractivity contribution in [2.24, 2.45) is 0 Å². The molecule has 96 valence electrons. The fourth-order valence-corrected chi connectivity index (χ4v) is 1.80. The van der Waals surface area contributed by atoms with E-state index in [0.29, 0.717) is 11.5 Å². The normalized spacial score (nSPS) is 9.85. The van der Waals surface area contributed by atoms with Crippen LogP contribution >= 0.6 is 0 Å². The lowest BCUT2D eigenvalue weighted by atomic mass is 10.1. The van der Waals surface area contributed by atoms with Crippen LogP contribution in [0.1, 0.15) is 17.0 Å². The van der Waals surface area contributed by atoms with Crippen LogP contribution in [0.3, 0.4) is 0 Å². The summed E-state index contributed by atoms with van der Waals surface area (Å²) < 4.78 is 5.25. The highest BCUT2D eigenvalue weighted by molar-refractivity contribution is 5.68. The first kappa shape index (κ1) is 12.1. The highest BCUT2D eigenvalue weighted by Crippen LogP contribution is 2.23. The molecule has 0 saturated carbocycles. The molecule has 0 aliphatic rings. The van der Waals surface area contributed by atoms with E-state index in [1.807, 2.05) is 37.3 Å². The summed E-state index contributed by atoms with van der Waals surface area (Å²) in [6, 6.07) is 9.83. The fraction of sp³-hybridized carbons (Fsp3) is 0.0625. The number of aromatic nitrogens is 3. The van der Waals surface area contributed by atoms with E-state index in [4.69, 9.17) is 4.52 Å². The van der Waals surface area contributed by atoms with Gasteiger partial charge in [-0.05, 0) is 12.8 Å². The van der Waals surface area contributed by atoms with Crippen molar-refractivity contribution in [3.8, 4) is 23.1 Å². The van der Waals surface area contributed by atoms with Crippen molar-refractivity contribution in [3.63, 3.8) is 0 Å². The SMILES string of the molecule is Cc1onc(-c2ccccc2)c1C#Cc1cnccn1. The zero-order chi connectivity index (χ0) is 13.8. The maximum absolute atomic E-state index is 5.25. The fourth-order valence-electron chi connectivity index (χ4n) is 1.80. The van der Waals surface area contributed by atoms with E-state index < -0.39 is 0 Å². The van der Waals surface area contributed by atoms with Crippen molar-refractivity contribution in [2.45, 2.75) is 6.92 Å². The van der Waals surface area contributed by atoms with Crippen LogP contribution in [0.5, 0.6) is 0 Å². The summed E-state index contributed by atoms with van der Waals surface area (Å²) in [6.07, 6.45) is 4.85. The molecule has 0 unspecified atom stereocenters. The average molecular weight is 261 g/mol. The molecule has 0 aliphatic carbocycles. The van der Waals surface area contributed by atoms with Crippen LogP contribution in [0.2, 0.25) is 0 Å². The molecule has 2 aromatic heterocycles. The molecular formula is C16H11N3O. The highest BCUT2D eigenvalue weighted by atomic mass is 16.5. The molecule has 4 heteroatoms. The second-order valence-electron chi connectivity index (χ2n) is 4.17. The van der Waals surface area contributed by atoms with Gasteiger partial charge in [0.1, 0.15) is 17.1 Å². The van der Waals surface area contributed by atoms with Gasteiger partial charge in [-0.1, -0.05) is 41.4 Å². The summed E-state index contributed by atoms with van der Waals surface area (Å²) in [6.45, 7) is 1.85. The Morgan fingerprint density at radius 2 is 1.90 bits per heavy atom. The largest absolute Gasteiger partial charge is 0.360 e. The molecular weight excluding hydrogens is 250 g/mol. The Kier molecular flexibility index (Phi) is 3.25. The second-order valence-corrected chi connectivity index (χ2v) is 4.17. The molecule has 0 spiro atoms. The molecule has 0 radical (unpaired) electrons. The minimum atomic E-state index is 0.618. The van der Waals surface area contributed by atoms with Crippen molar-refractivity contribution in [3.05, 3.63) is 65.9 Å². The molecule has 1 aromatic carbocycles. The van der Waals surface area contributed by atoms with Gasteiger partial charge in [-0.3, -0.25) is 4.98 Å². The minimum Gasteiger partial charge on any atom is -0.360 e. The lowest BCUT2D eigenvalue weighted by molar-refractivity contribution is 0.399. The van der Waals surface area contributed by atoms with Gasteiger partial charge in [0.15, 0.2) is 0 Å². The van der Waals surface area contributed by atoms with E-state index in [1.165, 1.54) is 0 Å². The van der Waals surface area contributed by atoms with Crippen LogP contribution in [0, 0.1) is 18.8 Å². The van der Waals surface area contributed by atoms with Gasteiger partial charge in [-0.25, -0.2) is 4.98 Å². The summed E-state index contributed by atoms with van der Waals surface area (Å²) >= 11 is 0. The smallest absolute Gasteiger partial charge is 0.149 e. The van der Waals surface area contributed by atoms with E-state index in [0.717, 1.165) is 16.8 Å². The minimum absolute atomic E-state index is 0.618. The Morgan fingerprint density at radius 3 is 2.65 bits per heavy atom. The number of aryl methyl sites for hydroxylation is 1. The molecule has 0 bridgehead atoms. The Balaban J connectivity index is 2.03. The van der Waals surface area contributed by atoms with Gasteiger partial charge in [-0.2, -0.15) is 0 Å². The molecule has 20 heavy (non-hydrogen) atoms. The van der Waals surface area contributed by atoms with Crippen LogP contribution in [0.25, 0.3) is 11.3 Å². The van der Waals surface area contributed by atoms with Gasteiger partial charge >= 0.3 is 0 Å². The lowest BCUT2D eigenvalue weighted by Gasteiger charge is -1.95. The van der Waals surface area contributed by atoms with Crippen LogP contribution < -0.4 is 0 Å². The standard InChI is InChI=1S/C16H11N3O/c1-12-15(8-7-14-11-17-9-10-18-14)16(19-20-12)13-5-3-2-4-6-13/h2-6,9-11H,1H3. The Labute approximate surface area is 116 Å². The van der Waals surface area contributed by atoms with Gasteiger partial charge in [0.05, 0.1) is 11.8 Å². The molecule has 3 aromatic rings. The monoisotopic (exact) mass is 261 g/mol. The lowest BCUT2D eigenvalue weighted by Crippen LogP contribution is -1.85. The third kappa shape index (κ3) is 2.43. The van der Waals surface area contributed by atoms with Gasteiger partial charge in [0.25, 0.3) is 0 Å². The average Bonchev–Trinajstić information content (AvgIpc) is 2.88. The third-order valence-corrected chi connectivity index (χ3v) is 2.79. The van der Waals surface area contributed by atoms with Crippen molar-refractivity contribution >= 4 is 0 Å². The van der Waals surface area contributed by atoms with E-state index >= 15 is 0 Å². The maximum Gasteiger partial charge on any atom is 0.149 e. The summed E-state index contributed by atoms with van der Waals surface area (Å²) in [5.41, 5.74) is 3.13. The molecule has 2 heterocycles. The van der Waals surface area contributed by atoms with E-state index in [9.17, 15) is 0 Å². The van der Waals surface area contributed by atoms with Crippen LogP contribution in [0.15, 0.2) is 53.4 Å². The van der Waals surface area contributed by atoms with E-state index in [2.05, 4.69) is 27.0 Å². The van der Waals surface area contributed by atoms with Crippen LogP contribution in [-0.2, 0) is 0 Å². The van der Waals surface area contributed by atoms with Crippen LogP contribution in [0.4, 0.5) is 0 Å². The van der Waals surface area contributed by atoms with Crippen molar-refractivity contribution in [1.29, 1.82) is 0 Å². The van der Waals surface area contributed by atoms with Gasteiger partial charge < -0.3 is 4.52 Å². The zero-order valence-corrected chi connectivity index (χ0v) is 10.9. The first-order valence-corrected chi connectivity index (χ1v) is 6.14. The summed E-state index contributed by atoms with van der Waals surface area (Å²) in [7, 11) is 0. The van der Waals surface area contributed by atoms with Gasteiger partial charge in [0, 0.05) is 18.0 Å². The first-order valence-electron chi connectivity index (χ1n) is 6.14. The van der Waals surface area contributed by atoms with E-state index in [-0.39, 0.29) is 0 Å². The van der Waals surface area contributed by atoms with Gasteiger partial charge in [0.2, 0.25) is 0 Å². The highest BCUT2D eigenvalue weighted by Gasteiger charge is 2.12. The Bertz CT molecular complexity index is 768. The molecule has 0 amide bonds. The van der Waals surface area contributed by atoms with Crippen molar-refractivity contribution in [2.75, 3.05) is 0 Å². The number of benzene rings is 1. The predicted octanol–water partition coefficient (Wildman–Crippen LogP) is 2.84. The Morgan fingerprint density at radius 1 is 1.05 bits per heavy atom. The van der Waals surface area contributed by atoms with Crippen molar-refractivity contribution in [1.82, 2.24) is 15.1 Å². The van der Waals surface area contributed by atoms with E-state index in [1.54, 1.807) is 18.6 Å². The molecule has 0 atom stereocenters. The molecule has 4 nitrogen and oxygen atoms in total. The Hall–Kier alpha value is -2.93. The first-order chi connectivity index (χ1) is 9.84. The zero-order valence-electron chi connectivity index (χ0n) is 10.9. The number of rotatable bonds is 1. The van der Waals surface area contributed by atoms with Crippen molar-refractivity contribution < 1.29 is 4.52 Å². The molecule has 0 N–H and O–H groups in total. The summed E-state index contributed by atoms with van der Waals surface area (Å²) in [5, 5.41) is 4.08. The summed E-state index contributed by atoms with van der Waals surface area (Å²) in [4.78, 5) is 8.11. The third-order valence-electron chi connectivity index (χ3n) is 2.79. The molecule has 0 aliphatic heterocycles. The molecule has 3 rings (SSSR count). The summed E-state index contributed by atoms with van der Waals surface area (Å²) in [5.74, 6) is 6.74. The molecule has 0 fully saturated rings. The number of nitrogens with zero attached hydrogens (tertiary/aromatic N) is 3. The quantitative estimate of drug-likeness (QED) is 0.632.